The average Bonchev–Trinajstić information content (AvgIpc) is 2.92. The van der Waals surface area contributed by atoms with Crippen molar-refractivity contribution in [3.63, 3.8) is 0 Å². The lowest BCUT2D eigenvalue weighted by atomic mass is 10.1. The molecule has 28 heavy (non-hydrogen) atoms. The van der Waals surface area contributed by atoms with Gasteiger partial charge in [-0.05, 0) is 43.3 Å². The Hall–Kier alpha value is -2.23. The van der Waals surface area contributed by atoms with E-state index in [4.69, 9.17) is 0 Å². The molecule has 2 N–H and O–H groups in total. The molecule has 0 saturated carbocycles. The fourth-order valence-corrected chi connectivity index (χ4v) is 4.03. The fraction of sp³-hybridized carbons (Fsp3) is 0.278. The van der Waals surface area contributed by atoms with E-state index in [1.807, 2.05) is 0 Å². The highest BCUT2D eigenvalue weighted by Gasteiger charge is 2.24. The van der Waals surface area contributed by atoms with E-state index < -0.39 is 26.6 Å². The van der Waals surface area contributed by atoms with Crippen LogP contribution < -0.4 is 10.0 Å². The Morgan fingerprint density at radius 2 is 1.82 bits per heavy atom. The number of nitrogens with one attached hydrogen (secondary N) is 2. The Morgan fingerprint density at radius 3 is 2.61 bits per heavy atom. The van der Waals surface area contributed by atoms with E-state index >= 15 is 0 Å². The molecule has 1 aliphatic heterocycles. The number of carbonyl (C=O) groups excluding carboxylic acids is 1. The van der Waals surface area contributed by atoms with Crippen molar-refractivity contribution in [1.82, 2.24) is 10.2 Å². The first kappa shape index (κ1) is 22.1. The van der Waals surface area contributed by atoms with Crippen LogP contribution in [0.1, 0.15) is 16.8 Å². The van der Waals surface area contributed by atoms with Crippen LogP contribution in [0, 0.1) is 11.6 Å². The zero-order valence-electron chi connectivity index (χ0n) is 14.8. The van der Waals surface area contributed by atoms with Gasteiger partial charge in [-0.1, -0.05) is 12.1 Å². The number of sulfonamides is 1. The molecule has 1 aliphatic rings. The lowest BCUT2D eigenvalue weighted by Gasteiger charge is -2.22. The average molecular weight is 432 g/mol. The molecular formula is C18H20ClF2N3O3S. The molecule has 1 heterocycles. The minimum absolute atomic E-state index is 0. The Morgan fingerprint density at radius 1 is 1.07 bits per heavy atom. The van der Waals surface area contributed by atoms with Crippen LogP contribution in [0.25, 0.3) is 0 Å². The number of hydrogen-bond donors (Lipinski definition) is 2. The number of benzene rings is 2. The summed E-state index contributed by atoms with van der Waals surface area (Å²) in [6, 6.07) is 8.26. The molecule has 2 aromatic rings. The van der Waals surface area contributed by atoms with E-state index in [9.17, 15) is 22.0 Å². The lowest BCUT2D eigenvalue weighted by molar-refractivity contribution is 0.0767. The lowest BCUT2D eigenvalue weighted by Crippen LogP contribution is -2.34. The van der Waals surface area contributed by atoms with Gasteiger partial charge < -0.3 is 10.2 Å². The predicted octanol–water partition coefficient (Wildman–Crippen LogP) is 2.62. The first-order chi connectivity index (χ1) is 12.9. The standard InChI is InChI=1S/C18H19F2N3O3S.ClH/c19-13-6-7-15(20)17(12-13)27(25,26)22-16-5-2-1-4-14(16)18(24)23-10-3-8-21-9-11-23;/h1-2,4-7,12,21-22H,3,8-11H2;1H. The molecule has 2 aromatic carbocycles. The summed E-state index contributed by atoms with van der Waals surface area (Å²) in [5, 5.41) is 3.19. The van der Waals surface area contributed by atoms with Crippen LogP contribution in [-0.2, 0) is 10.0 Å². The van der Waals surface area contributed by atoms with Crippen molar-refractivity contribution in [1.29, 1.82) is 0 Å². The highest BCUT2D eigenvalue weighted by molar-refractivity contribution is 7.92. The Kier molecular flexibility index (Phi) is 7.34. The molecule has 1 saturated heterocycles. The summed E-state index contributed by atoms with van der Waals surface area (Å²) in [6.07, 6.45) is 0.786. The van der Waals surface area contributed by atoms with Crippen molar-refractivity contribution in [2.24, 2.45) is 0 Å². The summed E-state index contributed by atoms with van der Waals surface area (Å²) in [7, 11) is -4.41. The first-order valence-electron chi connectivity index (χ1n) is 8.45. The Balaban J connectivity index is 0.00000280. The number of anilines is 1. The smallest absolute Gasteiger partial charge is 0.264 e. The molecule has 0 spiro atoms. The summed E-state index contributed by atoms with van der Waals surface area (Å²) in [4.78, 5) is 13.7. The highest BCUT2D eigenvalue weighted by Crippen LogP contribution is 2.23. The number of amides is 1. The SMILES string of the molecule is Cl.O=C(c1ccccc1NS(=O)(=O)c1cc(F)ccc1F)N1CCCNCC1. The van der Waals surface area contributed by atoms with Crippen LogP contribution in [0.2, 0.25) is 0 Å². The molecule has 10 heteroatoms. The van der Waals surface area contributed by atoms with Crippen LogP contribution in [0.3, 0.4) is 0 Å². The summed E-state index contributed by atoms with van der Waals surface area (Å²) in [5.74, 6) is -2.28. The van der Waals surface area contributed by atoms with Crippen molar-refractivity contribution in [3.05, 3.63) is 59.7 Å². The van der Waals surface area contributed by atoms with E-state index in [0.29, 0.717) is 25.7 Å². The molecule has 1 amide bonds. The van der Waals surface area contributed by atoms with Gasteiger partial charge in [-0.15, -0.1) is 12.4 Å². The molecule has 0 unspecified atom stereocenters. The van der Waals surface area contributed by atoms with Crippen molar-refractivity contribution in [2.45, 2.75) is 11.3 Å². The van der Waals surface area contributed by atoms with Crippen molar-refractivity contribution in [3.8, 4) is 0 Å². The van der Waals surface area contributed by atoms with Gasteiger partial charge in [0.2, 0.25) is 0 Å². The second-order valence-corrected chi connectivity index (χ2v) is 7.77. The molecule has 0 aromatic heterocycles. The second kappa shape index (κ2) is 9.31. The van der Waals surface area contributed by atoms with Gasteiger partial charge in [0.1, 0.15) is 16.5 Å². The largest absolute Gasteiger partial charge is 0.337 e. The van der Waals surface area contributed by atoms with Gasteiger partial charge in [-0.2, -0.15) is 0 Å². The number of halogens is 3. The summed E-state index contributed by atoms with van der Waals surface area (Å²) < 4.78 is 54.5. The van der Waals surface area contributed by atoms with E-state index in [1.165, 1.54) is 12.1 Å². The maximum Gasteiger partial charge on any atom is 0.264 e. The third-order valence-electron chi connectivity index (χ3n) is 4.21. The van der Waals surface area contributed by atoms with E-state index in [1.54, 1.807) is 17.0 Å². The molecular weight excluding hydrogens is 412 g/mol. The van der Waals surface area contributed by atoms with Gasteiger partial charge in [0.25, 0.3) is 15.9 Å². The Bertz CT molecular complexity index is 949. The quantitative estimate of drug-likeness (QED) is 0.780. The normalized spacial score (nSPS) is 14.7. The topological polar surface area (TPSA) is 78.5 Å². The number of carbonyl (C=O) groups is 1. The monoisotopic (exact) mass is 431 g/mol. The van der Waals surface area contributed by atoms with Crippen LogP contribution in [0.4, 0.5) is 14.5 Å². The van der Waals surface area contributed by atoms with E-state index in [0.717, 1.165) is 25.1 Å². The number of nitrogens with zero attached hydrogens (tertiary/aromatic N) is 1. The van der Waals surface area contributed by atoms with Gasteiger partial charge in [0, 0.05) is 19.6 Å². The van der Waals surface area contributed by atoms with Crippen LogP contribution in [-0.4, -0.2) is 45.4 Å². The highest BCUT2D eigenvalue weighted by atomic mass is 35.5. The van der Waals surface area contributed by atoms with Crippen molar-refractivity contribution in [2.75, 3.05) is 30.9 Å². The molecule has 6 nitrogen and oxygen atoms in total. The summed E-state index contributed by atoms with van der Waals surface area (Å²) >= 11 is 0. The second-order valence-electron chi connectivity index (χ2n) is 6.12. The molecule has 3 rings (SSSR count). The zero-order chi connectivity index (χ0) is 19.4. The van der Waals surface area contributed by atoms with Gasteiger partial charge in [-0.25, -0.2) is 17.2 Å². The predicted molar refractivity (Wildman–Crippen MR) is 104 cm³/mol. The molecule has 0 bridgehead atoms. The number of rotatable bonds is 4. The van der Waals surface area contributed by atoms with Crippen LogP contribution in [0.15, 0.2) is 47.4 Å². The minimum Gasteiger partial charge on any atom is -0.337 e. The maximum atomic E-state index is 13.9. The Labute approximate surface area is 168 Å². The molecule has 0 radical (unpaired) electrons. The molecule has 0 atom stereocenters. The zero-order valence-corrected chi connectivity index (χ0v) is 16.5. The number of hydrogen-bond acceptors (Lipinski definition) is 4. The van der Waals surface area contributed by atoms with Gasteiger partial charge in [-0.3, -0.25) is 9.52 Å². The fourth-order valence-electron chi connectivity index (χ4n) is 2.86. The number of para-hydroxylation sites is 1. The van der Waals surface area contributed by atoms with Gasteiger partial charge in [0.15, 0.2) is 0 Å². The van der Waals surface area contributed by atoms with Crippen LogP contribution >= 0.6 is 12.4 Å². The van der Waals surface area contributed by atoms with Gasteiger partial charge in [0.05, 0.1) is 11.3 Å². The van der Waals surface area contributed by atoms with Gasteiger partial charge >= 0.3 is 0 Å². The summed E-state index contributed by atoms with van der Waals surface area (Å²) in [6.45, 7) is 2.49. The summed E-state index contributed by atoms with van der Waals surface area (Å²) in [5.41, 5.74) is 0.170. The molecule has 0 aliphatic carbocycles. The van der Waals surface area contributed by atoms with E-state index in [-0.39, 0.29) is 29.6 Å². The third-order valence-corrected chi connectivity index (χ3v) is 5.59. The molecule has 152 valence electrons. The van der Waals surface area contributed by atoms with Crippen LogP contribution in [0.5, 0.6) is 0 Å². The van der Waals surface area contributed by atoms with E-state index in [2.05, 4.69) is 10.0 Å². The first-order valence-corrected chi connectivity index (χ1v) is 9.94. The third kappa shape index (κ3) is 4.98. The molecule has 1 fully saturated rings. The van der Waals surface area contributed by atoms with Crippen molar-refractivity contribution >= 4 is 34.0 Å². The minimum atomic E-state index is -4.41. The maximum absolute atomic E-state index is 13.9. The van der Waals surface area contributed by atoms with Crippen molar-refractivity contribution < 1.29 is 22.0 Å².